The van der Waals surface area contributed by atoms with E-state index in [1.54, 1.807) is 22.6 Å². The topological polar surface area (TPSA) is 97.3 Å². The molecule has 0 spiro atoms. The average Bonchev–Trinajstić information content (AvgIpc) is 3.43. The number of nitrogens with zero attached hydrogens (tertiary/aromatic N) is 4. The lowest BCUT2D eigenvalue weighted by Crippen LogP contribution is -2.52. The molecule has 2 N–H and O–H groups in total. The molecule has 1 saturated heterocycles. The number of hydrogen-bond acceptors (Lipinski definition) is 5. The summed E-state index contributed by atoms with van der Waals surface area (Å²) in [5, 5.41) is 23.8. The number of rotatable bonds is 6. The summed E-state index contributed by atoms with van der Waals surface area (Å²) < 4.78 is 59.4. The van der Waals surface area contributed by atoms with Gasteiger partial charge in [-0.25, -0.2) is 22.5 Å². The Morgan fingerprint density at radius 2 is 2.00 bits per heavy atom. The van der Waals surface area contributed by atoms with E-state index in [2.05, 4.69) is 10.3 Å². The number of aryl methyl sites for hydroxylation is 1. The summed E-state index contributed by atoms with van der Waals surface area (Å²) in [7, 11) is 0. The molecule has 1 amide bonds. The van der Waals surface area contributed by atoms with Crippen LogP contribution in [0.2, 0.25) is 0 Å². The molecule has 0 unspecified atom stereocenters. The molecule has 4 heterocycles. The number of aromatic nitrogens is 3. The number of halogens is 4. The summed E-state index contributed by atoms with van der Waals surface area (Å²) in [6.07, 6.45) is 3.42. The first kappa shape index (κ1) is 26.1. The maximum atomic E-state index is 14.9. The van der Waals surface area contributed by atoms with Crippen LogP contribution in [0.3, 0.4) is 0 Å². The number of fused-ring (bicyclic) bond motifs is 1. The Labute approximate surface area is 216 Å². The van der Waals surface area contributed by atoms with Gasteiger partial charge in [-0.05, 0) is 36.6 Å². The molecule has 0 saturated carbocycles. The number of nitrogens with one attached hydrogen (secondary N) is 1. The number of piperidine rings is 1. The normalized spacial score (nSPS) is 21.7. The van der Waals surface area contributed by atoms with Gasteiger partial charge in [0.1, 0.15) is 24.1 Å². The SMILES string of the molecule is C[C@@H](C(=O)Nc1cn2c(n1)CC[C@@H]2c1cc(F)cc(F)c1)N1CCC(F)(F)[C@@H](c2cc[n+]([O-])c(CO)c2)C1. The fourth-order valence-electron chi connectivity index (χ4n) is 5.36. The maximum absolute atomic E-state index is 14.9. The van der Waals surface area contributed by atoms with Crippen LogP contribution < -0.4 is 10.0 Å². The van der Waals surface area contributed by atoms with E-state index in [0.29, 0.717) is 29.0 Å². The molecule has 8 nitrogen and oxygen atoms in total. The predicted molar refractivity (Wildman–Crippen MR) is 128 cm³/mol. The lowest BCUT2D eigenvalue weighted by molar-refractivity contribution is -0.616. The smallest absolute Gasteiger partial charge is 0.257 e. The molecular formula is C26H27F4N5O3. The number of imidazole rings is 1. The van der Waals surface area contributed by atoms with Crippen LogP contribution in [0.25, 0.3) is 0 Å². The molecule has 1 aromatic carbocycles. The van der Waals surface area contributed by atoms with E-state index in [4.69, 9.17) is 0 Å². The number of aliphatic hydroxyl groups excluding tert-OH is 1. The van der Waals surface area contributed by atoms with Gasteiger partial charge < -0.3 is 20.2 Å². The second-order valence-electron chi connectivity index (χ2n) is 9.87. The minimum absolute atomic E-state index is 0.00771. The Morgan fingerprint density at radius 3 is 2.71 bits per heavy atom. The zero-order valence-corrected chi connectivity index (χ0v) is 20.6. The largest absolute Gasteiger partial charge is 0.618 e. The second kappa shape index (κ2) is 9.99. The van der Waals surface area contributed by atoms with Crippen LogP contribution in [-0.2, 0) is 17.8 Å². The number of carbonyl (C=O) groups is 1. The van der Waals surface area contributed by atoms with E-state index in [0.717, 1.165) is 12.3 Å². The number of hydrogen-bond donors (Lipinski definition) is 2. The van der Waals surface area contributed by atoms with Gasteiger partial charge in [-0.15, -0.1) is 0 Å². The Balaban J connectivity index is 1.29. The molecular weight excluding hydrogens is 506 g/mol. The molecule has 0 aliphatic carbocycles. The third kappa shape index (κ3) is 4.97. The highest BCUT2D eigenvalue weighted by molar-refractivity contribution is 5.93. The first-order valence-electron chi connectivity index (χ1n) is 12.3. The number of benzene rings is 1. The standard InChI is InChI=1S/C26H27F4N5O3/c1-15(33-7-5-26(29,30)21(12-33)16-4-6-35(38)20(10-16)14-36)25(37)32-23-13-34-22(2-3-24(34)31-23)17-8-18(27)11-19(28)9-17/h4,6,8-11,13,15,21-22,36H,2-3,5,7,12,14H2,1H3,(H,32,37)/t15-,21+,22+/m0/s1. The van der Waals surface area contributed by atoms with Gasteiger partial charge in [0.25, 0.3) is 5.92 Å². The average molecular weight is 534 g/mol. The molecule has 0 radical (unpaired) electrons. The van der Waals surface area contributed by atoms with Crippen molar-refractivity contribution in [2.75, 3.05) is 18.4 Å². The summed E-state index contributed by atoms with van der Waals surface area (Å²) >= 11 is 0. The lowest BCUT2D eigenvalue weighted by atomic mass is 9.86. The molecule has 38 heavy (non-hydrogen) atoms. The predicted octanol–water partition coefficient (Wildman–Crippen LogP) is 3.27. The van der Waals surface area contributed by atoms with Crippen molar-refractivity contribution in [1.82, 2.24) is 14.5 Å². The maximum Gasteiger partial charge on any atom is 0.257 e. The molecule has 3 atom stereocenters. The molecule has 3 aromatic rings. The second-order valence-corrected chi connectivity index (χ2v) is 9.87. The number of aliphatic hydroxyl groups is 1. The van der Waals surface area contributed by atoms with Crippen LogP contribution in [0.4, 0.5) is 23.4 Å². The van der Waals surface area contributed by atoms with Crippen molar-refractivity contribution in [3.63, 3.8) is 0 Å². The number of pyridine rings is 1. The van der Waals surface area contributed by atoms with Crippen LogP contribution in [0.15, 0.2) is 42.7 Å². The van der Waals surface area contributed by atoms with Crippen LogP contribution >= 0.6 is 0 Å². The van der Waals surface area contributed by atoms with E-state index >= 15 is 0 Å². The van der Waals surface area contributed by atoms with Crippen LogP contribution in [-0.4, -0.2) is 50.5 Å². The number of amides is 1. The Kier molecular flexibility index (Phi) is 6.86. The molecule has 12 heteroatoms. The number of carbonyl (C=O) groups excluding carboxylic acids is 1. The zero-order valence-electron chi connectivity index (χ0n) is 20.6. The van der Waals surface area contributed by atoms with Crippen molar-refractivity contribution >= 4 is 11.7 Å². The van der Waals surface area contributed by atoms with Crippen molar-refractivity contribution in [1.29, 1.82) is 0 Å². The minimum Gasteiger partial charge on any atom is -0.618 e. The highest BCUT2D eigenvalue weighted by Gasteiger charge is 2.46. The molecule has 2 aliphatic heterocycles. The van der Waals surface area contributed by atoms with Crippen molar-refractivity contribution in [2.24, 2.45) is 0 Å². The summed E-state index contributed by atoms with van der Waals surface area (Å²) in [6, 6.07) is 4.86. The summed E-state index contributed by atoms with van der Waals surface area (Å²) in [6.45, 7) is 0.907. The van der Waals surface area contributed by atoms with Crippen LogP contribution in [0.5, 0.6) is 0 Å². The molecule has 1 fully saturated rings. The fraction of sp³-hybridized carbons (Fsp3) is 0.423. The third-order valence-corrected chi connectivity index (χ3v) is 7.48. The lowest BCUT2D eigenvalue weighted by Gasteiger charge is -2.40. The molecule has 0 bridgehead atoms. The van der Waals surface area contributed by atoms with Gasteiger partial charge in [-0.2, -0.15) is 4.73 Å². The van der Waals surface area contributed by atoms with Gasteiger partial charge in [0, 0.05) is 50.3 Å². The Bertz CT molecular complexity index is 1340. The first-order chi connectivity index (χ1) is 18.1. The highest BCUT2D eigenvalue weighted by Crippen LogP contribution is 2.41. The summed E-state index contributed by atoms with van der Waals surface area (Å²) in [4.78, 5) is 19.2. The monoisotopic (exact) mass is 533 g/mol. The van der Waals surface area contributed by atoms with Gasteiger partial charge in [0.05, 0.1) is 18.0 Å². The van der Waals surface area contributed by atoms with E-state index in [9.17, 15) is 32.7 Å². The molecule has 2 aliphatic rings. The van der Waals surface area contributed by atoms with Crippen molar-refractivity contribution in [3.05, 3.63) is 82.2 Å². The summed E-state index contributed by atoms with van der Waals surface area (Å²) in [5.41, 5.74) is 0.653. The van der Waals surface area contributed by atoms with Gasteiger partial charge in [-0.3, -0.25) is 9.69 Å². The van der Waals surface area contributed by atoms with Crippen molar-refractivity contribution < 1.29 is 32.2 Å². The van der Waals surface area contributed by atoms with Crippen LogP contribution in [0.1, 0.15) is 54.4 Å². The van der Waals surface area contributed by atoms with E-state index in [1.165, 1.54) is 24.3 Å². The molecule has 202 valence electrons. The number of anilines is 1. The minimum atomic E-state index is -3.05. The summed E-state index contributed by atoms with van der Waals surface area (Å²) in [5.74, 6) is -5.15. The fourth-order valence-corrected chi connectivity index (χ4v) is 5.36. The molecule has 5 rings (SSSR count). The Hall–Kier alpha value is -3.51. The first-order valence-corrected chi connectivity index (χ1v) is 12.3. The van der Waals surface area contributed by atoms with E-state index in [-0.39, 0.29) is 36.2 Å². The van der Waals surface area contributed by atoms with Gasteiger partial charge >= 0.3 is 0 Å². The van der Waals surface area contributed by atoms with Crippen molar-refractivity contribution in [2.45, 2.75) is 56.7 Å². The highest BCUT2D eigenvalue weighted by atomic mass is 19.3. The van der Waals surface area contributed by atoms with Crippen LogP contribution in [0, 0.1) is 16.8 Å². The van der Waals surface area contributed by atoms with Gasteiger partial charge in [0.2, 0.25) is 11.6 Å². The van der Waals surface area contributed by atoms with E-state index < -0.39 is 48.5 Å². The van der Waals surface area contributed by atoms with Gasteiger partial charge in [-0.1, -0.05) is 0 Å². The molecule has 2 aromatic heterocycles. The third-order valence-electron chi connectivity index (χ3n) is 7.48. The van der Waals surface area contributed by atoms with Gasteiger partial charge in [0.15, 0.2) is 12.0 Å². The Morgan fingerprint density at radius 1 is 1.26 bits per heavy atom. The van der Waals surface area contributed by atoms with Crippen molar-refractivity contribution in [3.8, 4) is 0 Å². The van der Waals surface area contributed by atoms with E-state index in [1.807, 2.05) is 0 Å². The quantitative estimate of drug-likeness (QED) is 0.288. The number of alkyl halides is 2. The zero-order chi connectivity index (χ0) is 27.2. The number of likely N-dealkylation sites (tertiary alicyclic amines) is 1.